The average Bonchev–Trinajstić information content (AvgIpc) is 2.60. The maximum Gasteiger partial charge on any atom is 0.161 e. The van der Waals surface area contributed by atoms with Crippen molar-refractivity contribution in [3.8, 4) is 17.2 Å². The predicted octanol–water partition coefficient (Wildman–Crippen LogP) is 3.14. The first-order chi connectivity index (χ1) is 11.3. The molecule has 1 aliphatic rings. The third-order valence-corrected chi connectivity index (χ3v) is 4.01. The minimum Gasteiger partial charge on any atom is -0.494 e. The third kappa shape index (κ3) is 3.77. The van der Waals surface area contributed by atoms with Gasteiger partial charge >= 0.3 is 0 Å². The van der Waals surface area contributed by atoms with Gasteiger partial charge in [-0.2, -0.15) is 0 Å². The minimum atomic E-state index is 0.239. The Morgan fingerprint density at radius 3 is 2.70 bits per heavy atom. The molecule has 0 amide bonds. The van der Waals surface area contributed by atoms with E-state index in [2.05, 4.69) is 24.3 Å². The Bertz CT molecular complexity index is 657. The number of hydrogen-bond acceptors (Lipinski definition) is 4. The SMILES string of the molecule is CCOc1cccc(CC(CN)c2ccc3c(c2)OCCO3)c1. The Morgan fingerprint density at radius 2 is 1.91 bits per heavy atom. The monoisotopic (exact) mass is 313 g/mol. The summed E-state index contributed by atoms with van der Waals surface area (Å²) in [4.78, 5) is 0. The molecule has 0 bridgehead atoms. The maximum absolute atomic E-state index is 6.02. The lowest BCUT2D eigenvalue weighted by Crippen LogP contribution is -2.18. The quantitative estimate of drug-likeness (QED) is 0.890. The van der Waals surface area contributed by atoms with E-state index in [1.807, 2.05) is 25.1 Å². The largest absolute Gasteiger partial charge is 0.494 e. The van der Waals surface area contributed by atoms with Gasteiger partial charge in [0.1, 0.15) is 19.0 Å². The Balaban J connectivity index is 1.78. The summed E-state index contributed by atoms with van der Waals surface area (Å²) in [5.41, 5.74) is 8.42. The zero-order valence-corrected chi connectivity index (χ0v) is 13.5. The number of ether oxygens (including phenoxy) is 3. The van der Waals surface area contributed by atoms with E-state index in [4.69, 9.17) is 19.9 Å². The first-order valence-corrected chi connectivity index (χ1v) is 8.11. The number of nitrogens with two attached hydrogens (primary N) is 1. The molecule has 0 spiro atoms. The van der Waals surface area contributed by atoms with Crippen LogP contribution < -0.4 is 19.9 Å². The Morgan fingerprint density at radius 1 is 1.09 bits per heavy atom. The third-order valence-electron chi connectivity index (χ3n) is 4.01. The molecule has 1 atom stereocenters. The van der Waals surface area contributed by atoms with Crippen molar-refractivity contribution in [2.45, 2.75) is 19.3 Å². The molecule has 1 unspecified atom stereocenters. The van der Waals surface area contributed by atoms with E-state index < -0.39 is 0 Å². The average molecular weight is 313 g/mol. The summed E-state index contributed by atoms with van der Waals surface area (Å²) < 4.78 is 16.8. The van der Waals surface area contributed by atoms with Crippen LogP contribution in [0.3, 0.4) is 0 Å². The molecule has 23 heavy (non-hydrogen) atoms. The fourth-order valence-corrected chi connectivity index (χ4v) is 2.86. The highest BCUT2D eigenvalue weighted by Gasteiger charge is 2.17. The summed E-state index contributed by atoms with van der Waals surface area (Å²) in [6.07, 6.45) is 0.872. The van der Waals surface area contributed by atoms with Crippen molar-refractivity contribution in [2.75, 3.05) is 26.4 Å². The van der Waals surface area contributed by atoms with Crippen LogP contribution in [0.15, 0.2) is 42.5 Å². The van der Waals surface area contributed by atoms with Crippen LogP contribution in [0.1, 0.15) is 24.0 Å². The van der Waals surface area contributed by atoms with Gasteiger partial charge in [0.25, 0.3) is 0 Å². The van der Waals surface area contributed by atoms with Crippen molar-refractivity contribution < 1.29 is 14.2 Å². The topological polar surface area (TPSA) is 53.7 Å². The highest BCUT2D eigenvalue weighted by molar-refractivity contribution is 5.45. The molecular formula is C19H23NO3. The van der Waals surface area contributed by atoms with Crippen LogP contribution in [0.5, 0.6) is 17.2 Å². The number of fused-ring (bicyclic) bond motifs is 1. The molecule has 2 aromatic rings. The van der Waals surface area contributed by atoms with E-state index in [0.29, 0.717) is 26.4 Å². The lowest BCUT2D eigenvalue weighted by molar-refractivity contribution is 0.171. The number of benzene rings is 2. The Labute approximate surface area is 137 Å². The van der Waals surface area contributed by atoms with Gasteiger partial charge in [0, 0.05) is 5.92 Å². The van der Waals surface area contributed by atoms with Crippen LogP contribution >= 0.6 is 0 Å². The van der Waals surface area contributed by atoms with Crippen molar-refractivity contribution in [3.05, 3.63) is 53.6 Å². The van der Waals surface area contributed by atoms with Crippen molar-refractivity contribution in [2.24, 2.45) is 5.73 Å². The van der Waals surface area contributed by atoms with Crippen LogP contribution in [0.4, 0.5) is 0 Å². The van der Waals surface area contributed by atoms with Crippen molar-refractivity contribution in [1.82, 2.24) is 0 Å². The molecular weight excluding hydrogens is 290 g/mol. The molecule has 4 nitrogen and oxygen atoms in total. The first kappa shape index (κ1) is 15.7. The Kier molecular flexibility index (Phi) is 5.03. The summed E-state index contributed by atoms with van der Waals surface area (Å²) in [5, 5.41) is 0. The molecule has 0 saturated carbocycles. The fraction of sp³-hybridized carbons (Fsp3) is 0.368. The highest BCUT2D eigenvalue weighted by atomic mass is 16.6. The van der Waals surface area contributed by atoms with Gasteiger partial charge in [-0.15, -0.1) is 0 Å². The van der Waals surface area contributed by atoms with Crippen LogP contribution in [0.2, 0.25) is 0 Å². The van der Waals surface area contributed by atoms with Gasteiger partial charge in [0.15, 0.2) is 11.5 Å². The zero-order valence-electron chi connectivity index (χ0n) is 13.5. The van der Waals surface area contributed by atoms with Gasteiger partial charge in [-0.3, -0.25) is 0 Å². The predicted molar refractivity (Wildman–Crippen MR) is 90.5 cm³/mol. The van der Waals surface area contributed by atoms with E-state index in [1.54, 1.807) is 0 Å². The highest BCUT2D eigenvalue weighted by Crippen LogP contribution is 2.34. The molecule has 1 aliphatic heterocycles. The molecule has 2 aromatic carbocycles. The van der Waals surface area contributed by atoms with Crippen LogP contribution in [-0.2, 0) is 6.42 Å². The molecule has 4 heteroatoms. The molecule has 122 valence electrons. The molecule has 0 saturated heterocycles. The summed E-state index contributed by atoms with van der Waals surface area (Å²) in [5.74, 6) is 2.77. The van der Waals surface area contributed by atoms with Gasteiger partial charge in [-0.25, -0.2) is 0 Å². The number of hydrogen-bond donors (Lipinski definition) is 1. The lowest BCUT2D eigenvalue weighted by atomic mass is 9.91. The maximum atomic E-state index is 6.02. The molecule has 2 N–H and O–H groups in total. The van der Waals surface area contributed by atoms with Crippen LogP contribution in [-0.4, -0.2) is 26.4 Å². The van der Waals surface area contributed by atoms with Gasteiger partial charge < -0.3 is 19.9 Å². The van der Waals surface area contributed by atoms with Gasteiger partial charge in [-0.05, 0) is 55.3 Å². The Hall–Kier alpha value is -2.20. The van der Waals surface area contributed by atoms with E-state index in [1.165, 1.54) is 11.1 Å². The normalized spacial score (nSPS) is 14.3. The smallest absolute Gasteiger partial charge is 0.161 e. The summed E-state index contributed by atoms with van der Waals surface area (Å²) in [6.45, 7) is 4.45. The summed E-state index contributed by atoms with van der Waals surface area (Å²) in [7, 11) is 0. The van der Waals surface area contributed by atoms with E-state index in [9.17, 15) is 0 Å². The summed E-state index contributed by atoms with van der Waals surface area (Å²) >= 11 is 0. The van der Waals surface area contributed by atoms with Crippen molar-refractivity contribution in [1.29, 1.82) is 0 Å². The molecule has 0 radical (unpaired) electrons. The molecule has 3 rings (SSSR count). The molecule has 0 fully saturated rings. The zero-order chi connectivity index (χ0) is 16.1. The second-order valence-electron chi connectivity index (χ2n) is 5.62. The van der Waals surface area contributed by atoms with Crippen LogP contribution in [0.25, 0.3) is 0 Å². The lowest BCUT2D eigenvalue weighted by Gasteiger charge is -2.21. The van der Waals surface area contributed by atoms with Crippen molar-refractivity contribution in [3.63, 3.8) is 0 Å². The standard InChI is InChI=1S/C19H23NO3/c1-2-21-17-5-3-4-14(11-17)10-16(13-20)15-6-7-18-19(12-15)23-9-8-22-18/h3-7,11-12,16H,2,8-10,13,20H2,1H3. The van der Waals surface area contributed by atoms with Gasteiger partial charge in [0.2, 0.25) is 0 Å². The van der Waals surface area contributed by atoms with Gasteiger partial charge in [-0.1, -0.05) is 18.2 Å². The van der Waals surface area contributed by atoms with E-state index in [0.717, 1.165) is 23.7 Å². The van der Waals surface area contributed by atoms with Gasteiger partial charge in [0.05, 0.1) is 6.61 Å². The number of rotatable bonds is 6. The van der Waals surface area contributed by atoms with Crippen molar-refractivity contribution >= 4 is 0 Å². The van der Waals surface area contributed by atoms with E-state index >= 15 is 0 Å². The second-order valence-corrected chi connectivity index (χ2v) is 5.62. The fourth-order valence-electron chi connectivity index (χ4n) is 2.86. The first-order valence-electron chi connectivity index (χ1n) is 8.11. The molecule has 0 aromatic heterocycles. The van der Waals surface area contributed by atoms with Crippen LogP contribution in [0, 0.1) is 0 Å². The minimum absolute atomic E-state index is 0.239. The molecule has 0 aliphatic carbocycles. The summed E-state index contributed by atoms with van der Waals surface area (Å²) in [6, 6.07) is 14.3. The molecule has 1 heterocycles. The van der Waals surface area contributed by atoms with E-state index in [-0.39, 0.29) is 5.92 Å². The second kappa shape index (κ2) is 7.38.